The molecular formula is C19H23ClN2O3S. The third-order valence-corrected chi connectivity index (χ3v) is 5.90. The van der Waals surface area contributed by atoms with Gasteiger partial charge in [0, 0.05) is 11.1 Å². The molecule has 0 heterocycles. The summed E-state index contributed by atoms with van der Waals surface area (Å²) < 4.78 is 27.3. The summed E-state index contributed by atoms with van der Waals surface area (Å²) in [5.74, 6) is -0.340. The Balaban J connectivity index is 2.33. The summed E-state index contributed by atoms with van der Waals surface area (Å²) >= 11 is 5.86. The number of para-hydroxylation sites is 1. The van der Waals surface area contributed by atoms with Gasteiger partial charge in [0.25, 0.3) is 10.0 Å². The van der Waals surface area contributed by atoms with Crippen LogP contribution in [0, 0.1) is 0 Å². The Hall–Kier alpha value is -2.05. The fourth-order valence-corrected chi connectivity index (χ4v) is 4.15. The van der Waals surface area contributed by atoms with Crippen molar-refractivity contribution < 1.29 is 13.2 Å². The van der Waals surface area contributed by atoms with E-state index in [0.29, 0.717) is 10.7 Å². The molecular weight excluding hydrogens is 372 g/mol. The number of rotatable bonds is 8. The summed E-state index contributed by atoms with van der Waals surface area (Å²) in [5, 5.41) is 3.29. The van der Waals surface area contributed by atoms with Crippen molar-refractivity contribution in [2.45, 2.75) is 37.6 Å². The van der Waals surface area contributed by atoms with Gasteiger partial charge in [0.2, 0.25) is 5.91 Å². The first-order valence-electron chi connectivity index (χ1n) is 8.47. The van der Waals surface area contributed by atoms with E-state index < -0.39 is 10.0 Å². The molecule has 0 fully saturated rings. The SMILES string of the molecule is CCC[C@@H](C)NC(=O)CN(c1ccccc1)S(=O)(=O)c1ccc(Cl)cc1. The number of carbonyl (C=O) groups is 1. The number of benzene rings is 2. The van der Waals surface area contributed by atoms with Crippen molar-refractivity contribution in [2.75, 3.05) is 10.8 Å². The first-order valence-corrected chi connectivity index (χ1v) is 10.3. The van der Waals surface area contributed by atoms with Crippen molar-refractivity contribution in [1.82, 2.24) is 5.32 Å². The number of hydrogen-bond acceptors (Lipinski definition) is 3. The highest BCUT2D eigenvalue weighted by atomic mass is 35.5. The third-order valence-electron chi connectivity index (χ3n) is 3.86. The number of carbonyl (C=O) groups excluding carboxylic acids is 1. The van der Waals surface area contributed by atoms with Crippen molar-refractivity contribution >= 4 is 33.2 Å². The van der Waals surface area contributed by atoms with E-state index in [1.165, 1.54) is 24.3 Å². The highest BCUT2D eigenvalue weighted by molar-refractivity contribution is 7.92. The Labute approximate surface area is 160 Å². The standard InChI is InChI=1S/C19H23ClN2O3S/c1-3-7-15(2)21-19(23)14-22(17-8-5-4-6-9-17)26(24,25)18-12-10-16(20)11-13-18/h4-6,8-13,15H,3,7,14H2,1-2H3,(H,21,23)/t15-/m1/s1. The van der Waals surface area contributed by atoms with E-state index in [2.05, 4.69) is 5.32 Å². The van der Waals surface area contributed by atoms with Crippen LogP contribution in [0.15, 0.2) is 59.5 Å². The molecule has 26 heavy (non-hydrogen) atoms. The molecule has 1 amide bonds. The lowest BCUT2D eigenvalue weighted by molar-refractivity contribution is -0.120. The minimum atomic E-state index is -3.90. The largest absolute Gasteiger partial charge is 0.352 e. The predicted molar refractivity (Wildman–Crippen MR) is 105 cm³/mol. The monoisotopic (exact) mass is 394 g/mol. The summed E-state index contributed by atoms with van der Waals surface area (Å²) in [7, 11) is -3.90. The van der Waals surface area contributed by atoms with Crippen LogP contribution in [0.4, 0.5) is 5.69 Å². The molecule has 0 aromatic heterocycles. The lowest BCUT2D eigenvalue weighted by atomic mass is 10.2. The van der Waals surface area contributed by atoms with E-state index >= 15 is 0 Å². The average molecular weight is 395 g/mol. The first kappa shape index (κ1) is 20.3. The van der Waals surface area contributed by atoms with Crippen LogP contribution in [0.2, 0.25) is 5.02 Å². The molecule has 2 aromatic rings. The molecule has 0 saturated heterocycles. The van der Waals surface area contributed by atoms with E-state index in [9.17, 15) is 13.2 Å². The van der Waals surface area contributed by atoms with E-state index in [-0.39, 0.29) is 23.4 Å². The Morgan fingerprint density at radius 1 is 1.12 bits per heavy atom. The second kappa shape index (κ2) is 9.05. The van der Waals surface area contributed by atoms with Gasteiger partial charge in [-0.3, -0.25) is 9.10 Å². The molecule has 7 heteroatoms. The van der Waals surface area contributed by atoms with E-state index in [0.717, 1.165) is 17.1 Å². The van der Waals surface area contributed by atoms with Crippen molar-refractivity contribution in [3.63, 3.8) is 0 Å². The molecule has 0 aliphatic rings. The summed E-state index contributed by atoms with van der Waals surface area (Å²) in [4.78, 5) is 12.5. The lowest BCUT2D eigenvalue weighted by Gasteiger charge is -2.25. The van der Waals surface area contributed by atoms with Crippen LogP contribution in [0.1, 0.15) is 26.7 Å². The summed E-state index contributed by atoms with van der Waals surface area (Å²) in [6, 6.07) is 14.5. The number of amides is 1. The molecule has 1 N–H and O–H groups in total. The molecule has 0 bridgehead atoms. The zero-order valence-electron chi connectivity index (χ0n) is 14.9. The minimum absolute atomic E-state index is 0.0108. The molecule has 1 atom stereocenters. The summed E-state index contributed by atoms with van der Waals surface area (Å²) in [6.45, 7) is 3.65. The Morgan fingerprint density at radius 3 is 2.31 bits per heavy atom. The molecule has 0 radical (unpaired) electrons. The topological polar surface area (TPSA) is 66.5 Å². The number of nitrogens with zero attached hydrogens (tertiary/aromatic N) is 1. The van der Waals surface area contributed by atoms with Crippen molar-refractivity contribution in [3.8, 4) is 0 Å². The van der Waals surface area contributed by atoms with Gasteiger partial charge in [-0.1, -0.05) is 43.1 Å². The third kappa shape index (κ3) is 5.22. The maximum absolute atomic E-state index is 13.1. The van der Waals surface area contributed by atoms with Crippen LogP contribution in [-0.4, -0.2) is 26.9 Å². The summed E-state index contributed by atoms with van der Waals surface area (Å²) in [5.41, 5.74) is 0.431. The Morgan fingerprint density at radius 2 is 1.73 bits per heavy atom. The van der Waals surface area contributed by atoms with Crippen LogP contribution < -0.4 is 9.62 Å². The molecule has 0 aliphatic heterocycles. The van der Waals surface area contributed by atoms with Gasteiger partial charge >= 0.3 is 0 Å². The highest BCUT2D eigenvalue weighted by Crippen LogP contribution is 2.24. The average Bonchev–Trinajstić information content (AvgIpc) is 2.61. The van der Waals surface area contributed by atoms with Crippen LogP contribution in [0.5, 0.6) is 0 Å². The Bertz CT molecular complexity index is 824. The number of anilines is 1. The zero-order chi connectivity index (χ0) is 19.2. The number of hydrogen-bond donors (Lipinski definition) is 1. The summed E-state index contributed by atoms with van der Waals surface area (Å²) in [6.07, 6.45) is 1.77. The molecule has 5 nitrogen and oxygen atoms in total. The number of sulfonamides is 1. The molecule has 0 unspecified atom stereocenters. The van der Waals surface area contributed by atoms with Crippen LogP contribution in [0.3, 0.4) is 0 Å². The number of nitrogens with one attached hydrogen (secondary N) is 1. The fraction of sp³-hybridized carbons (Fsp3) is 0.316. The quantitative estimate of drug-likeness (QED) is 0.739. The van der Waals surface area contributed by atoms with Gasteiger partial charge in [-0.25, -0.2) is 8.42 Å². The van der Waals surface area contributed by atoms with Gasteiger partial charge in [0.15, 0.2) is 0 Å². The normalized spacial score (nSPS) is 12.4. The van der Waals surface area contributed by atoms with E-state index in [4.69, 9.17) is 11.6 Å². The molecule has 0 spiro atoms. The van der Waals surface area contributed by atoms with Crippen LogP contribution in [-0.2, 0) is 14.8 Å². The van der Waals surface area contributed by atoms with Gasteiger partial charge in [0.05, 0.1) is 10.6 Å². The maximum Gasteiger partial charge on any atom is 0.264 e. The first-order chi connectivity index (χ1) is 12.3. The fourth-order valence-electron chi connectivity index (χ4n) is 2.60. The van der Waals surface area contributed by atoms with Gasteiger partial charge in [0.1, 0.15) is 6.54 Å². The second-order valence-corrected chi connectivity index (χ2v) is 8.36. The predicted octanol–water partition coefficient (Wildman–Crippen LogP) is 3.84. The van der Waals surface area contributed by atoms with Gasteiger partial charge in [-0.2, -0.15) is 0 Å². The van der Waals surface area contributed by atoms with Crippen molar-refractivity contribution in [2.24, 2.45) is 0 Å². The molecule has 0 aliphatic carbocycles. The molecule has 2 rings (SSSR count). The van der Waals surface area contributed by atoms with E-state index in [1.807, 2.05) is 13.8 Å². The van der Waals surface area contributed by atoms with E-state index in [1.54, 1.807) is 30.3 Å². The van der Waals surface area contributed by atoms with Crippen LogP contribution in [0.25, 0.3) is 0 Å². The Kier molecular flexibility index (Phi) is 7.06. The molecule has 2 aromatic carbocycles. The van der Waals surface area contributed by atoms with Crippen molar-refractivity contribution in [3.05, 3.63) is 59.6 Å². The highest BCUT2D eigenvalue weighted by Gasteiger charge is 2.27. The smallest absolute Gasteiger partial charge is 0.264 e. The molecule has 0 saturated carbocycles. The van der Waals surface area contributed by atoms with Gasteiger partial charge in [-0.05, 0) is 49.7 Å². The number of halogens is 1. The molecule has 140 valence electrons. The zero-order valence-corrected chi connectivity index (χ0v) is 16.4. The van der Waals surface area contributed by atoms with Crippen LogP contribution >= 0.6 is 11.6 Å². The lowest BCUT2D eigenvalue weighted by Crippen LogP contribution is -2.43. The van der Waals surface area contributed by atoms with Crippen molar-refractivity contribution in [1.29, 1.82) is 0 Å². The van der Waals surface area contributed by atoms with Gasteiger partial charge in [-0.15, -0.1) is 0 Å². The maximum atomic E-state index is 13.1. The second-order valence-electron chi connectivity index (χ2n) is 6.06. The van der Waals surface area contributed by atoms with Gasteiger partial charge < -0.3 is 5.32 Å². The minimum Gasteiger partial charge on any atom is -0.352 e.